The fraction of sp³-hybridized carbons (Fsp3) is 0.200. The fourth-order valence-corrected chi connectivity index (χ4v) is 2.72. The number of hydrogen-bond acceptors (Lipinski definition) is 5. The molecule has 2 aromatic carbocycles. The summed E-state index contributed by atoms with van der Waals surface area (Å²) >= 11 is 9.09. The number of nitrogens with one attached hydrogen (secondary N) is 3. The fourth-order valence-electron chi connectivity index (χ4n) is 2.33. The largest absolute Gasteiger partial charge is 0.484 e. The van der Waals surface area contributed by atoms with E-state index < -0.39 is 29.7 Å². The number of hydrazine groups is 1. The first-order valence-electron chi connectivity index (χ1n) is 9.06. The summed E-state index contributed by atoms with van der Waals surface area (Å²) in [5.41, 5.74) is 9.81. The molecule has 0 heterocycles. The maximum atomic E-state index is 12.4. The molecule has 5 N–H and O–H groups in total. The summed E-state index contributed by atoms with van der Waals surface area (Å²) < 4.78 is 6.16. The quantitative estimate of drug-likeness (QED) is 0.379. The van der Waals surface area contributed by atoms with Gasteiger partial charge in [0.15, 0.2) is 6.61 Å². The molecule has 9 nitrogen and oxygen atoms in total. The van der Waals surface area contributed by atoms with Gasteiger partial charge in [-0.15, -0.1) is 0 Å². The van der Waals surface area contributed by atoms with Gasteiger partial charge in [-0.05, 0) is 55.0 Å². The van der Waals surface area contributed by atoms with Crippen molar-refractivity contribution in [1.29, 1.82) is 0 Å². The van der Waals surface area contributed by atoms with Gasteiger partial charge in [0.25, 0.3) is 17.7 Å². The van der Waals surface area contributed by atoms with Gasteiger partial charge in [0.1, 0.15) is 11.8 Å². The van der Waals surface area contributed by atoms with Crippen molar-refractivity contribution < 1.29 is 23.9 Å². The molecule has 0 unspecified atom stereocenters. The number of hydrogen-bond donors (Lipinski definition) is 4. The van der Waals surface area contributed by atoms with E-state index in [1.165, 1.54) is 24.3 Å². The van der Waals surface area contributed by atoms with E-state index in [4.69, 9.17) is 22.1 Å². The van der Waals surface area contributed by atoms with Gasteiger partial charge in [-0.2, -0.15) is 0 Å². The molecule has 164 valence electrons. The molecule has 31 heavy (non-hydrogen) atoms. The molecule has 4 amide bonds. The molecule has 0 saturated heterocycles. The minimum atomic E-state index is -1.11. The molecule has 0 aliphatic carbocycles. The molecule has 0 radical (unpaired) electrons. The van der Waals surface area contributed by atoms with Crippen LogP contribution in [-0.4, -0.2) is 36.3 Å². The molecule has 0 aliphatic heterocycles. The third-order valence-corrected chi connectivity index (χ3v) is 4.70. The minimum Gasteiger partial charge on any atom is -0.484 e. The third-order valence-electron chi connectivity index (χ3n) is 3.92. The Bertz CT molecular complexity index is 938. The zero-order valence-electron chi connectivity index (χ0n) is 16.2. The third kappa shape index (κ3) is 8.65. The second-order valence-corrected chi connectivity index (χ2v) is 7.67. The second kappa shape index (κ2) is 11.9. The summed E-state index contributed by atoms with van der Waals surface area (Å²) in [6, 6.07) is 11.8. The van der Waals surface area contributed by atoms with Crippen LogP contribution in [0.25, 0.3) is 0 Å². The molecule has 0 bridgehead atoms. The first-order chi connectivity index (χ1) is 14.7. The van der Waals surface area contributed by atoms with Crippen LogP contribution in [0.5, 0.6) is 5.75 Å². The lowest BCUT2D eigenvalue weighted by Crippen LogP contribution is -2.53. The Morgan fingerprint density at radius 2 is 1.65 bits per heavy atom. The topological polar surface area (TPSA) is 140 Å². The number of ether oxygens (including phenoxy) is 1. The molecular formula is C20H20BrClN4O5. The van der Waals surface area contributed by atoms with Gasteiger partial charge in [0, 0.05) is 21.5 Å². The van der Waals surface area contributed by atoms with Crippen LogP contribution in [0.3, 0.4) is 0 Å². The van der Waals surface area contributed by atoms with Crippen LogP contribution in [0, 0.1) is 0 Å². The molecule has 0 fully saturated rings. The van der Waals surface area contributed by atoms with E-state index >= 15 is 0 Å². The molecule has 11 heteroatoms. The zero-order valence-corrected chi connectivity index (χ0v) is 18.5. The number of rotatable bonds is 9. The first-order valence-corrected chi connectivity index (χ1v) is 10.2. The highest BCUT2D eigenvalue weighted by atomic mass is 79.9. The highest BCUT2D eigenvalue weighted by molar-refractivity contribution is 9.10. The Morgan fingerprint density at radius 1 is 1.00 bits per heavy atom. The minimum absolute atomic E-state index is 0.0498. The molecule has 1 atom stereocenters. The molecule has 0 saturated carbocycles. The lowest BCUT2D eigenvalue weighted by atomic mass is 10.1. The predicted octanol–water partition coefficient (Wildman–Crippen LogP) is 1.69. The van der Waals surface area contributed by atoms with Crippen molar-refractivity contribution in [1.82, 2.24) is 16.2 Å². The van der Waals surface area contributed by atoms with Crippen LogP contribution in [0.4, 0.5) is 0 Å². The summed E-state index contributed by atoms with van der Waals surface area (Å²) in [5, 5.41) is 2.96. The summed E-state index contributed by atoms with van der Waals surface area (Å²) in [4.78, 5) is 47.8. The van der Waals surface area contributed by atoms with Crippen LogP contribution in [-0.2, 0) is 14.4 Å². The van der Waals surface area contributed by atoms with Gasteiger partial charge in [-0.25, -0.2) is 0 Å². The lowest BCUT2D eigenvalue weighted by Gasteiger charge is -2.18. The summed E-state index contributed by atoms with van der Waals surface area (Å²) in [5.74, 6) is -2.05. The number of benzene rings is 2. The van der Waals surface area contributed by atoms with Crippen molar-refractivity contribution in [2.45, 2.75) is 18.9 Å². The van der Waals surface area contributed by atoms with Gasteiger partial charge in [-0.1, -0.05) is 27.5 Å². The Kier molecular flexibility index (Phi) is 9.29. The number of carbonyl (C=O) groups excluding carboxylic acids is 4. The molecule has 2 aromatic rings. The van der Waals surface area contributed by atoms with Gasteiger partial charge < -0.3 is 15.8 Å². The van der Waals surface area contributed by atoms with E-state index in [-0.39, 0.29) is 25.0 Å². The molecule has 0 spiro atoms. The van der Waals surface area contributed by atoms with Crippen LogP contribution in [0.1, 0.15) is 23.2 Å². The van der Waals surface area contributed by atoms with Gasteiger partial charge in [0.2, 0.25) is 5.91 Å². The van der Waals surface area contributed by atoms with E-state index in [1.54, 1.807) is 24.3 Å². The van der Waals surface area contributed by atoms with E-state index in [2.05, 4.69) is 32.1 Å². The number of carbonyl (C=O) groups is 4. The van der Waals surface area contributed by atoms with E-state index in [0.717, 1.165) is 4.47 Å². The summed E-state index contributed by atoms with van der Waals surface area (Å²) in [6.07, 6.45) is -0.189. The van der Waals surface area contributed by atoms with Crippen LogP contribution in [0.2, 0.25) is 5.02 Å². The van der Waals surface area contributed by atoms with Crippen LogP contribution >= 0.6 is 27.5 Å². The molecule has 0 aliphatic rings. The van der Waals surface area contributed by atoms with Crippen molar-refractivity contribution in [2.24, 2.45) is 5.73 Å². The SMILES string of the molecule is NC(=O)CC[C@H](NC(=O)c1ccc(Cl)cc1)C(=O)NNC(=O)COc1ccc(Br)cc1. The van der Waals surface area contributed by atoms with Crippen LogP contribution in [0.15, 0.2) is 53.0 Å². The van der Waals surface area contributed by atoms with Crippen molar-refractivity contribution in [3.8, 4) is 5.75 Å². The average molecular weight is 512 g/mol. The smallest absolute Gasteiger partial charge is 0.276 e. The van der Waals surface area contributed by atoms with Gasteiger partial charge in [0.05, 0.1) is 0 Å². The van der Waals surface area contributed by atoms with Crippen molar-refractivity contribution in [2.75, 3.05) is 6.61 Å². The van der Waals surface area contributed by atoms with Crippen molar-refractivity contribution >= 4 is 51.2 Å². The Hall–Kier alpha value is -3.11. The Labute approximate surface area is 191 Å². The standard InChI is InChI=1S/C20H20BrClN4O5/c21-13-3-7-15(8-4-13)31-11-18(28)25-26-20(30)16(9-10-17(23)27)24-19(29)12-1-5-14(22)6-2-12/h1-8,16H,9-11H2,(H2,23,27)(H,24,29)(H,25,28)(H,26,30)/t16-/m0/s1. The number of amides is 4. The maximum Gasteiger partial charge on any atom is 0.276 e. The molecule has 0 aromatic heterocycles. The normalized spacial score (nSPS) is 11.2. The van der Waals surface area contributed by atoms with Gasteiger partial charge in [-0.3, -0.25) is 30.0 Å². The highest BCUT2D eigenvalue weighted by Gasteiger charge is 2.22. The van der Waals surface area contributed by atoms with Crippen LogP contribution < -0.4 is 26.6 Å². The summed E-state index contributed by atoms with van der Waals surface area (Å²) in [6.45, 7) is -0.342. The predicted molar refractivity (Wildman–Crippen MR) is 117 cm³/mol. The van der Waals surface area contributed by atoms with E-state index in [9.17, 15) is 19.2 Å². The maximum absolute atomic E-state index is 12.4. The summed E-state index contributed by atoms with van der Waals surface area (Å²) in [7, 11) is 0. The molecule has 2 rings (SSSR count). The van der Waals surface area contributed by atoms with E-state index in [1.807, 2.05) is 0 Å². The monoisotopic (exact) mass is 510 g/mol. The average Bonchev–Trinajstić information content (AvgIpc) is 2.74. The number of primary amides is 1. The molecular weight excluding hydrogens is 492 g/mol. The van der Waals surface area contributed by atoms with Gasteiger partial charge >= 0.3 is 0 Å². The second-order valence-electron chi connectivity index (χ2n) is 6.32. The Morgan fingerprint density at radius 3 is 2.26 bits per heavy atom. The van der Waals surface area contributed by atoms with Crippen molar-refractivity contribution in [3.63, 3.8) is 0 Å². The highest BCUT2D eigenvalue weighted by Crippen LogP contribution is 2.15. The zero-order chi connectivity index (χ0) is 22.8. The Balaban J connectivity index is 1.89. The number of halogens is 2. The lowest BCUT2D eigenvalue weighted by molar-refractivity contribution is -0.131. The first kappa shape index (κ1) is 24.2. The van der Waals surface area contributed by atoms with Crippen molar-refractivity contribution in [3.05, 3.63) is 63.6 Å². The number of nitrogens with two attached hydrogens (primary N) is 1. The van der Waals surface area contributed by atoms with E-state index in [0.29, 0.717) is 10.8 Å².